The summed E-state index contributed by atoms with van der Waals surface area (Å²) < 4.78 is 23.4. The number of benzene rings is 1. The third kappa shape index (κ3) is 2.55. The number of hydrogen-bond donors (Lipinski definition) is 0. The smallest absolute Gasteiger partial charge is 0.207 e. The molecule has 4 heteroatoms. The maximum Gasteiger partial charge on any atom is 0.261 e. The van der Waals surface area contributed by atoms with Crippen molar-refractivity contribution in [1.29, 1.82) is 0 Å². The van der Waals surface area contributed by atoms with E-state index >= 15 is 0 Å². The number of halogens is 1. The Hall–Kier alpha value is -0.540. The van der Waals surface area contributed by atoms with Gasteiger partial charge in [0.1, 0.15) is 0 Å². The summed E-state index contributed by atoms with van der Waals surface area (Å²) in [5.41, 5.74) is 3.19. The molecule has 1 aliphatic rings. The summed E-state index contributed by atoms with van der Waals surface area (Å²) in [7, 11) is 1.86. The molecule has 0 fully saturated rings. The molecule has 2 rings (SSSR count). The summed E-state index contributed by atoms with van der Waals surface area (Å²) in [6.07, 6.45) is 2.16. The summed E-state index contributed by atoms with van der Waals surface area (Å²) in [6, 6.07) is 3.79. The van der Waals surface area contributed by atoms with Crippen LogP contribution < -0.4 is 0 Å². The van der Waals surface area contributed by atoms with Crippen LogP contribution in [0.4, 0.5) is 0 Å². The van der Waals surface area contributed by atoms with Crippen LogP contribution in [-0.4, -0.2) is 8.42 Å². The summed E-state index contributed by atoms with van der Waals surface area (Å²) in [6.45, 7) is 10.6. The quantitative estimate of drug-likeness (QED) is 0.726. The second-order valence-electron chi connectivity index (χ2n) is 6.87. The molecular formula is C15H21ClO2S. The molecule has 0 radical (unpaired) electrons. The highest BCUT2D eigenvalue weighted by Crippen LogP contribution is 2.47. The van der Waals surface area contributed by atoms with E-state index in [1.807, 2.05) is 13.0 Å². The first-order chi connectivity index (χ1) is 8.45. The van der Waals surface area contributed by atoms with Gasteiger partial charge in [0.05, 0.1) is 4.90 Å². The summed E-state index contributed by atoms with van der Waals surface area (Å²) in [4.78, 5) is 0.249. The highest BCUT2D eigenvalue weighted by Gasteiger charge is 2.38. The molecule has 1 aromatic rings. The standard InChI is InChI=1S/C15H21ClO2S/c1-10-8-11-12(9-13(10)19(16,17)18)15(4,5)7-6-14(11,2)3/h8-9H,6-7H2,1-5H3. The van der Waals surface area contributed by atoms with Crippen LogP contribution >= 0.6 is 10.7 Å². The molecule has 0 saturated carbocycles. The molecule has 0 spiro atoms. The van der Waals surface area contributed by atoms with E-state index in [9.17, 15) is 8.42 Å². The third-order valence-corrected chi connectivity index (χ3v) is 5.87. The van der Waals surface area contributed by atoms with Crippen molar-refractivity contribution in [2.45, 2.75) is 63.2 Å². The van der Waals surface area contributed by atoms with E-state index < -0.39 is 9.05 Å². The van der Waals surface area contributed by atoms with Crippen molar-refractivity contribution in [3.8, 4) is 0 Å². The van der Waals surface area contributed by atoms with Crippen LogP contribution in [0.2, 0.25) is 0 Å². The summed E-state index contributed by atoms with van der Waals surface area (Å²) in [5, 5.41) is 0. The van der Waals surface area contributed by atoms with E-state index in [2.05, 4.69) is 27.7 Å². The largest absolute Gasteiger partial charge is 0.261 e. The van der Waals surface area contributed by atoms with Gasteiger partial charge in [-0.3, -0.25) is 0 Å². The van der Waals surface area contributed by atoms with E-state index in [-0.39, 0.29) is 15.7 Å². The second-order valence-corrected chi connectivity index (χ2v) is 9.40. The Morgan fingerprint density at radius 1 is 1.00 bits per heavy atom. The SMILES string of the molecule is Cc1cc2c(cc1S(=O)(=O)Cl)C(C)(C)CCC2(C)C. The van der Waals surface area contributed by atoms with Crippen molar-refractivity contribution >= 4 is 19.7 Å². The van der Waals surface area contributed by atoms with Crippen molar-refractivity contribution in [2.75, 3.05) is 0 Å². The third-order valence-electron chi connectivity index (χ3n) is 4.41. The Bertz CT molecular complexity index is 628. The second kappa shape index (κ2) is 4.23. The van der Waals surface area contributed by atoms with Gasteiger partial charge in [0.2, 0.25) is 0 Å². The topological polar surface area (TPSA) is 34.1 Å². The molecule has 0 atom stereocenters. The molecule has 0 heterocycles. The van der Waals surface area contributed by atoms with Crippen LogP contribution in [-0.2, 0) is 19.9 Å². The van der Waals surface area contributed by atoms with Crippen LogP contribution in [0.1, 0.15) is 57.2 Å². The average Bonchev–Trinajstić information content (AvgIpc) is 2.23. The van der Waals surface area contributed by atoms with Gasteiger partial charge in [0, 0.05) is 10.7 Å². The maximum atomic E-state index is 11.7. The van der Waals surface area contributed by atoms with Crippen molar-refractivity contribution < 1.29 is 8.42 Å². The monoisotopic (exact) mass is 300 g/mol. The van der Waals surface area contributed by atoms with Gasteiger partial charge in [0.15, 0.2) is 0 Å². The highest BCUT2D eigenvalue weighted by atomic mass is 35.7. The van der Waals surface area contributed by atoms with Gasteiger partial charge in [-0.05, 0) is 53.4 Å². The molecular weight excluding hydrogens is 280 g/mol. The Morgan fingerprint density at radius 2 is 1.42 bits per heavy atom. The van der Waals surface area contributed by atoms with Gasteiger partial charge in [-0.1, -0.05) is 33.8 Å². The number of hydrogen-bond acceptors (Lipinski definition) is 2. The number of aryl methyl sites for hydroxylation is 1. The van der Waals surface area contributed by atoms with E-state index in [4.69, 9.17) is 10.7 Å². The predicted molar refractivity (Wildman–Crippen MR) is 79.5 cm³/mol. The molecule has 0 amide bonds. The molecule has 0 aromatic heterocycles. The van der Waals surface area contributed by atoms with Crippen LogP contribution in [0, 0.1) is 6.92 Å². The van der Waals surface area contributed by atoms with Crippen LogP contribution in [0.5, 0.6) is 0 Å². The Balaban J connectivity index is 2.80. The Kier molecular flexibility index (Phi) is 3.30. The lowest BCUT2D eigenvalue weighted by molar-refractivity contribution is 0.331. The lowest BCUT2D eigenvalue weighted by Gasteiger charge is -2.42. The molecule has 2 nitrogen and oxygen atoms in total. The molecule has 0 aliphatic heterocycles. The molecule has 1 aromatic carbocycles. The van der Waals surface area contributed by atoms with Gasteiger partial charge >= 0.3 is 0 Å². The molecule has 1 aliphatic carbocycles. The average molecular weight is 301 g/mol. The first kappa shape index (κ1) is 14.9. The Labute approximate surface area is 120 Å². The normalized spacial score (nSPS) is 20.9. The minimum absolute atomic E-state index is 0.00508. The summed E-state index contributed by atoms with van der Waals surface area (Å²) in [5.74, 6) is 0. The highest BCUT2D eigenvalue weighted by molar-refractivity contribution is 8.13. The lowest BCUT2D eigenvalue weighted by atomic mass is 9.63. The zero-order valence-corrected chi connectivity index (χ0v) is 13.7. The van der Waals surface area contributed by atoms with Crippen molar-refractivity contribution in [2.24, 2.45) is 0 Å². The van der Waals surface area contributed by atoms with Gasteiger partial charge in [0.25, 0.3) is 9.05 Å². The van der Waals surface area contributed by atoms with Crippen LogP contribution in [0.3, 0.4) is 0 Å². The summed E-state index contributed by atoms with van der Waals surface area (Å²) >= 11 is 0. The van der Waals surface area contributed by atoms with Crippen molar-refractivity contribution in [1.82, 2.24) is 0 Å². The first-order valence-electron chi connectivity index (χ1n) is 6.55. The number of fused-ring (bicyclic) bond motifs is 1. The number of rotatable bonds is 1. The predicted octanol–water partition coefficient (Wildman–Crippen LogP) is 4.27. The van der Waals surface area contributed by atoms with Crippen LogP contribution in [0.25, 0.3) is 0 Å². The van der Waals surface area contributed by atoms with E-state index in [0.717, 1.165) is 24.0 Å². The van der Waals surface area contributed by atoms with Crippen molar-refractivity contribution in [3.63, 3.8) is 0 Å². The molecule has 0 unspecified atom stereocenters. The Morgan fingerprint density at radius 3 is 1.84 bits per heavy atom. The fourth-order valence-electron chi connectivity index (χ4n) is 2.96. The van der Waals surface area contributed by atoms with E-state index in [1.165, 1.54) is 5.56 Å². The van der Waals surface area contributed by atoms with Gasteiger partial charge in [-0.2, -0.15) is 0 Å². The van der Waals surface area contributed by atoms with E-state index in [1.54, 1.807) is 6.07 Å². The molecule has 106 valence electrons. The first-order valence-corrected chi connectivity index (χ1v) is 8.86. The van der Waals surface area contributed by atoms with Gasteiger partial charge in [-0.15, -0.1) is 0 Å². The van der Waals surface area contributed by atoms with Gasteiger partial charge in [-0.25, -0.2) is 8.42 Å². The fraction of sp³-hybridized carbons (Fsp3) is 0.600. The minimum Gasteiger partial charge on any atom is -0.207 e. The molecule has 0 N–H and O–H groups in total. The zero-order chi connectivity index (χ0) is 14.6. The lowest BCUT2D eigenvalue weighted by Crippen LogP contribution is -2.34. The minimum atomic E-state index is -3.68. The molecule has 0 bridgehead atoms. The van der Waals surface area contributed by atoms with Crippen molar-refractivity contribution in [3.05, 3.63) is 28.8 Å². The van der Waals surface area contributed by atoms with Crippen LogP contribution in [0.15, 0.2) is 17.0 Å². The van der Waals surface area contributed by atoms with Gasteiger partial charge < -0.3 is 0 Å². The van der Waals surface area contributed by atoms with E-state index in [0.29, 0.717) is 0 Å². The zero-order valence-electron chi connectivity index (χ0n) is 12.2. The molecule has 0 saturated heterocycles. The fourth-order valence-corrected chi connectivity index (χ4v) is 4.17. The molecule has 19 heavy (non-hydrogen) atoms. The maximum absolute atomic E-state index is 11.7.